The second kappa shape index (κ2) is 8.13. The van der Waals surface area contributed by atoms with Gasteiger partial charge < -0.3 is 14.6 Å². The highest BCUT2D eigenvalue weighted by atomic mass is 32.1. The van der Waals surface area contributed by atoms with Crippen LogP contribution in [0.15, 0.2) is 54.6 Å². The van der Waals surface area contributed by atoms with Crippen LogP contribution in [-0.4, -0.2) is 23.3 Å². The van der Waals surface area contributed by atoms with Crippen LogP contribution in [0.1, 0.15) is 16.7 Å². The molecule has 0 aliphatic rings. The summed E-state index contributed by atoms with van der Waals surface area (Å²) >= 11 is 1.56. The lowest BCUT2D eigenvalue weighted by Gasteiger charge is -2.13. The second-order valence-electron chi connectivity index (χ2n) is 7.09. The quantitative estimate of drug-likeness (QED) is 0.397. The van der Waals surface area contributed by atoms with Crippen molar-refractivity contribution in [2.45, 2.75) is 20.8 Å². The number of hydrogen-bond acceptors (Lipinski definition) is 5. The molecule has 0 aliphatic heterocycles. The number of nitrogens with zero attached hydrogens (tertiary/aromatic N) is 1. The normalized spacial score (nSPS) is 11.0. The third-order valence-electron chi connectivity index (χ3n) is 4.76. The van der Waals surface area contributed by atoms with E-state index in [2.05, 4.69) is 17.1 Å². The van der Waals surface area contributed by atoms with Crippen LogP contribution in [0.4, 0.5) is 0 Å². The van der Waals surface area contributed by atoms with Gasteiger partial charge in [0.2, 0.25) is 0 Å². The van der Waals surface area contributed by atoms with E-state index < -0.39 is 0 Å². The monoisotopic (exact) mass is 405 g/mol. The molecule has 0 unspecified atom stereocenters. The number of ether oxygens (including phenoxy) is 2. The van der Waals surface area contributed by atoms with Crippen LogP contribution < -0.4 is 9.47 Å². The topological polar surface area (TPSA) is 51.6 Å². The van der Waals surface area contributed by atoms with Gasteiger partial charge >= 0.3 is 0 Å². The lowest BCUT2D eigenvalue weighted by molar-refractivity contribution is 0.215. The number of phenols is 1. The predicted octanol–water partition coefficient (Wildman–Crippen LogP) is 6.05. The maximum atomic E-state index is 10.5. The Kier molecular flexibility index (Phi) is 5.41. The van der Waals surface area contributed by atoms with Crippen LogP contribution in [0.3, 0.4) is 0 Å². The minimum Gasteiger partial charge on any atom is -0.507 e. The average Bonchev–Trinajstić information content (AvgIpc) is 3.13. The molecule has 3 aromatic carbocycles. The van der Waals surface area contributed by atoms with Gasteiger partial charge in [0.25, 0.3) is 0 Å². The molecule has 0 saturated carbocycles. The molecule has 0 atom stereocenters. The van der Waals surface area contributed by atoms with Crippen molar-refractivity contribution in [1.29, 1.82) is 0 Å². The Hall–Kier alpha value is -3.05. The van der Waals surface area contributed by atoms with Crippen molar-refractivity contribution >= 4 is 21.6 Å². The third-order valence-corrected chi connectivity index (χ3v) is 5.83. The number of benzene rings is 3. The number of rotatable bonds is 6. The zero-order valence-corrected chi connectivity index (χ0v) is 17.5. The molecule has 5 heteroatoms. The number of aromatic hydroxyl groups is 1. The molecule has 0 radical (unpaired) electrons. The SMILES string of the molecule is Cc1ccc(C)c(OCCOc2cc(-c3nc4ccccc4s3)c(O)cc2C)c1. The molecule has 1 heterocycles. The van der Waals surface area contributed by atoms with Gasteiger partial charge in [-0.1, -0.05) is 24.3 Å². The van der Waals surface area contributed by atoms with E-state index in [4.69, 9.17) is 9.47 Å². The number of fused-ring (bicyclic) bond motifs is 1. The van der Waals surface area contributed by atoms with Gasteiger partial charge in [0.1, 0.15) is 35.5 Å². The summed E-state index contributed by atoms with van der Waals surface area (Å²) in [6.45, 7) is 6.86. The molecule has 4 rings (SSSR count). The van der Waals surface area contributed by atoms with Crippen LogP contribution in [0.25, 0.3) is 20.8 Å². The van der Waals surface area contributed by atoms with E-state index in [-0.39, 0.29) is 5.75 Å². The Morgan fingerprint density at radius 3 is 2.34 bits per heavy atom. The van der Waals surface area contributed by atoms with Crippen LogP contribution in [0, 0.1) is 20.8 Å². The molecular weight excluding hydrogens is 382 g/mol. The van der Waals surface area contributed by atoms with E-state index in [1.165, 1.54) is 5.56 Å². The van der Waals surface area contributed by atoms with Crippen molar-refractivity contribution in [3.8, 4) is 27.8 Å². The van der Waals surface area contributed by atoms with E-state index in [1.54, 1.807) is 17.4 Å². The van der Waals surface area contributed by atoms with Crippen molar-refractivity contribution in [3.63, 3.8) is 0 Å². The molecule has 4 aromatic rings. The summed E-state index contributed by atoms with van der Waals surface area (Å²) in [6.07, 6.45) is 0. The summed E-state index contributed by atoms with van der Waals surface area (Å²) in [5, 5.41) is 11.2. The lowest BCUT2D eigenvalue weighted by Crippen LogP contribution is -2.10. The van der Waals surface area contributed by atoms with Gasteiger partial charge in [-0.3, -0.25) is 0 Å². The largest absolute Gasteiger partial charge is 0.507 e. The number of thiazole rings is 1. The van der Waals surface area contributed by atoms with Crippen LogP contribution >= 0.6 is 11.3 Å². The fraction of sp³-hybridized carbons (Fsp3) is 0.208. The Bertz CT molecular complexity index is 1130. The Labute approximate surface area is 174 Å². The molecule has 0 bridgehead atoms. The number of phenolic OH excluding ortho intramolecular Hbond substituents is 1. The molecular formula is C24H23NO3S. The predicted molar refractivity (Wildman–Crippen MR) is 118 cm³/mol. The minimum absolute atomic E-state index is 0.209. The molecule has 1 N–H and O–H groups in total. The zero-order chi connectivity index (χ0) is 20.4. The van der Waals surface area contributed by atoms with E-state index in [1.807, 2.05) is 57.2 Å². The van der Waals surface area contributed by atoms with Crippen LogP contribution in [-0.2, 0) is 0 Å². The van der Waals surface area contributed by atoms with Crippen LogP contribution in [0.2, 0.25) is 0 Å². The summed E-state index contributed by atoms with van der Waals surface area (Å²) in [5.41, 5.74) is 4.76. The molecule has 0 amide bonds. The first-order valence-corrected chi connectivity index (χ1v) is 10.4. The maximum absolute atomic E-state index is 10.5. The average molecular weight is 406 g/mol. The van der Waals surface area contributed by atoms with Gasteiger partial charge in [-0.2, -0.15) is 0 Å². The Balaban J connectivity index is 1.49. The summed E-state index contributed by atoms with van der Waals surface area (Å²) in [5.74, 6) is 1.81. The molecule has 0 saturated heterocycles. The number of para-hydroxylation sites is 1. The highest BCUT2D eigenvalue weighted by molar-refractivity contribution is 7.21. The smallest absolute Gasteiger partial charge is 0.128 e. The highest BCUT2D eigenvalue weighted by Gasteiger charge is 2.14. The van der Waals surface area contributed by atoms with Crippen molar-refractivity contribution in [3.05, 3.63) is 71.3 Å². The van der Waals surface area contributed by atoms with Gasteiger partial charge in [0, 0.05) is 0 Å². The fourth-order valence-corrected chi connectivity index (χ4v) is 4.14. The summed E-state index contributed by atoms with van der Waals surface area (Å²) in [7, 11) is 0. The number of aryl methyl sites for hydroxylation is 3. The van der Waals surface area contributed by atoms with E-state index in [0.29, 0.717) is 18.8 Å². The molecule has 0 spiro atoms. The minimum atomic E-state index is 0.209. The summed E-state index contributed by atoms with van der Waals surface area (Å²) in [4.78, 5) is 4.65. The Morgan fingerprint density at radius 1 is 0.862 bits per heavy atom. The molecule has 1 aromatic heterocycles. The zero-order valence-electron chi connectivity index (χ0n) is 16.7. The Morgan fingerprint density at radius 2 is 1.59 bits per heavy atom. The van der Waals surface area contributed by atoms with Crippen molar-refractivity contribution in [1.82, 2.24) is 4.98 Å². The first-order valence-electron chi connectivity index (χ1n) is 9.53. The van der Waals surface area contributed by atoms with E-state index in [9.17, 15) is 5.11 Å². The molecule has 4 nitrogen and oxygen atoms in total. The van der Waals surface area contributed by atoms with Crippen LogP contribution in [0.5, 0.6) is 17.2 Å². The van der Waals surface area contributed by atoms with Gasteiger partial charge in [-0.15, -0.1) is 11.3 Å². The van der Waals surface area contributed by atoms with Gasteiger partial charge in [0.15, 0.2) is 0 Å². The first kappa shape index (κ1) is 19.3. The highest BCUT2D eigenvalue weighted by Crippen LogP contribution is 2.38. The van der Waals surface area contributed by atoms with Crippen molar-refractivity contribution in [2.24, 2.45) is 0 Å². The molecule has 29 heavy (non-hydrogen) atoms. The van der Waals surface area contributed by atoms with E-state index in [0.717, 1.165) is 37.9 Å². The number of aromatic nitrogens is 1. The molecule has 148 valence electrons. The summed E-state index contributed by atoms with van der Waals surface area (Å²) < 4.78 is 12.9. The third kappa shape index (κ3) is 4.20. The van der Waals surface area contributed by atoms with Crippen molar-refractivity contribution in [2.75, 3.05) is 13.2 Å². The second-order valence-corrected chi connectivity index (χ2v) is 8.12. The van der Waals surface area contributed by atoms with Crippen molar-refractivity contribution < 1.29 is 14.6 Å². The fourth-order valence-electron chi connectivity index (χ4n) is 3.15. The van der Waals surface area contributed by atoms with Gasteiger partial charge in [-0.05, 0) is 67.8 Å². The lowest BCUT2D eigenvalue weighted by atomic mass is 10.1. The molecule has 0 aliphatic carbocycles. The summed E-state index contributed by atoms with van der Waals surface area (Å²) in [6, 6.07) is 17.7. The molecule has 0 fully saturated rings. The standard InChI is InChI=1S/C24H23NO3S/c1-15-8-9-16(2)21(12-15)27-10-11-28-22-14-18(20(26)13-17(22)3)24-25-19-6-4-5-7-23(19)29-24/h4-9,12-14,26H,10-11H2,1-3H3. The maximum Gasteiger partial charge on any atom is 0.128 e. The van der Waals surface area contributed by atoms with E-state index >= 15 is 0 Å². The number of hydrogen-bond donors (Lipinski definition) is 1. The first-order chi connectivity index (χ1) is 14.0. The van der Waals surface area contributed by atoms with Gasteiger partial charge in [0.05, 0.1) is 15.8 Å². The van der Waals surface area contributed by atoms with Gasteiger partial charge in [-0.25, -0.2) is 4.98 Å².